The molecule has 1 heterocycles. The van der Waals surface area contributed by atoms with Gasteiger partial charge in [0.1, 0.15) is 5.75 Å². The summed E-state index contributed by atoms with van der Waals surface area (Å²) in [5.74, 6) is 0.565. The summed E-state index contributed by atoms with van der Waals surface area (Å²) < 4.78 is 10.8. The number of hydrogen-bond donors (Lipinski definition) is 0. The van der Waals surface area contributed by atoms with Crippen LogP contribution in [0, 0.1) is 11.3 Å². The number of halogens is 1. The lowest BCUT2D eigenvalue weighted by molar-refractivity contribution is -0.137. The fourth-order valence-corrected chi connectivity index (χ4v) is 2.81. The van der Waals surface area contributed by atoms with E-state index in [9.17, 15) is 10.1 Å². The number of morpholine rings is 1. The number of benzene rings is 2. The molecule has 2 aromatic rings. The maximum Gasteiger partial charge on any atom is 0.260 e. The summed E-state index contributed by atoms with van der Waals surface area (Å²) in [6.07, 6.45) is 1.80. The molecule has 5 nitrogen and oxygen atoms in total. The van der Waals surface area contributed by atoms with E-state index in [0.717, 1.165) is 11.1 Å². The van der Waals surface area contributed by atoms with Gasteiger partial charge in [-0.25, -0.2) is 0 Å². The number of nitrogens with zero attached hydrogens (tertiary/aromatic N) is 2. The van der Waals surface area contributed by atoms with Crippen LogP contribution in [0.15, 0.2) is 48.5 Å². The lowest BCUT2D eigenvalue weighted by atomic mass is 10.0. The van der Waals surface area contributed by atoms with E-state index in [1.807, 2.05) is 24.3 Å². The highest BCUT2D eigenvalue weighted by molar-refractivity contribution is 6.30. The molecule has 1 aliphatic heterocycles. The maximum absolute atomic E-state index is 12.1. The molecule has 1 saturated heterocycles. The number of amides is 1. The third-order valence-corrected chi connectivity index (χ3v) is 4.44. The van der Waals surface area contributed by atoms with E-state index < -0.39 is 0 Å². The van der Waals surface area contributed by atoms with Crippen LogP contribution >= 0.6 is 11.6 Å². The average molecular weight is 383 g/mol. The minimum absolute atomic E-state index is 0.00338. The maximum atomic E-state index is 12.1. The topological polar surface area (TPSA) is 62.6 Å². The molecular weight excluding hydrogens is 364 g/mol. The molecule has 0 bridgehead atoms. The van der Waals surface area contributed by atoms with E-state index in [4.69, 9.17) is 21.1 Å². The van der Waals surface area contributed by atoms with E-state index >= 15 is 0 Å². The number of ether oxygens (including phenoxy) is 2. The van der Waals surface area contributed by atoms with Gasteiger partial charge in [-0.05, 0) is 41.5 Å². The van der Waals surface area contributed by atoms with Gasteiger partial charge in [-0.15, -0.1) is 0 Å². The summed E-state index contributed by atoms with van der Waals surface area (Å²) in [5.41, 5.74) is 2.22. The quantitative estimate of drug-likeness (QED) is 0.585. The van der Waals surface area contributed by atoms with Gasteiger partial charge in [0, 0.05) is 18.1 Å². The molecular formula is C21H19ClN2O3. The number of hydrogen-bond acceptors (Lipinski definition) is 4. The van der Waals surface area contributed by atoms with Gasteiger partial charge in [0.15, 0.2) is 6.61 Å². The van der Waals surface area contributed by atoms with Crippen molar-refractivity contribution in [1.29, 1.82) is 5.26 Å². The highest BCUT2D eigenvalue weighted by Crippen LogP contribution is 2.21. The molecule has 0 aromatic heterocycles. The number of carbonyl (C=O) groups is 1. The normalized spacial score (nSPS) is 14.5. The van der Waals surface area contributed by atoms with Gasteiger partial charge in [0.25, 0.3) is 5.91 Å². The van der Waals surface area contributed by atoms with Gasteiger partial charge in [0.2, 0.25) is 0 Å². The Morgan fingerprint density at radius 1 is 1.15 bits per heavy atom. The summed E-state index contributed by atoms with van der Waals surface area (Å²) in [6, 6.07) is 16.6. The van der Waals surface area contributed by atoms with Crippen molar-refractivity contribution in [3.63, 3.8) is 0 Å². The first kappa shape index (κ1) is 19.0. The zero-order chi connectivity index (χ0) is 19.1. The van der Waals surface area contributed by atoms with Crippen molar-refractivity contribution in [2.24, 2.45) is 0 Å². The molecule has 0 spiro atoms. The minimum Gasteiger partial charge on any atom is -0.484 e. The van der Waals surface area contributed by atoms with Crippen molar-refractivity contribution in [3.8, 4) is 11.8 Å². The number of carbonyl (C=O) groups excluding carboxylic acids is 1. The monoisotopic (exact) mass is 382 g/mol. The molecule has 1 amide bonds. The first-order chi connectivity index (χ1) is 13.2. The summed E-state index contributed by atoms with van der Waals surface area (Å²) >= 11 is 5.89. The molecule has 27 heavy (non-hydrogen) atoms. The van der Waals surface area contributed by atoms with Crippen molar-refractivity contribution in [2.45, 2.75) is 0 Å². The third kappa shape index (κ3) is 5.33. The van der Waals surface area contributed by atoms with Crippen molar-refractivity contribution in [2.75, 3.05) is 32.9 Å². The van der Waals surface area contributed by atoms with E-state index in [0.29, 0.717) is 42.6 Å². The van der Waals surface area contributed by atoms with Gasteiger partial charge in [-0.1, -0.05) is 35.9 Å². The molecule has 0 aliphatic carbocycles. The molecule has 138 valence electrons. The zero-order valence-corrected chi connectivity index (χ0v) is 15.5. The SMILES string of the molecule is N#C/C(=C/c1ccc(OCC(=O)N2CCOCC2)cc1)c1ccc(Cl)cc1. The highest BCUT2D eigenvalue weighted by atomic mass is 35.5. The summed E-state index contributed by atoms with van der Waals surface area (Å²) in [7, 11) is 0. The van der Waals surface area contributed by atoms with E-state index in [1.54, 1.807) is 35.2 Å². The smallest absolute Gasteiger partial charge is 0.260 e. The summed E-state index contributed by atoms with van der Waals surface area (Å²) in [6.45, 7) is 2.35. The Morgan fingerprint density at radius 2 is 1.81 bits per heavy atom. The Morgan fingerprint density at radius 3 is 2.44 bits per heavy atom. The first-order valence-electron chi connectivity index (χ1n) is 8.62. The second-order valence-electron chi connectivity index (χ2n) is 6.03. The molecule has 0 saturated carbocycles. The predicted molar refractivity (Wildman–Crippen MR) is 104 cm³/mol. The second-order valence-corrected chi connectivity index (χ2v) is 6.46. The van der Waals surface area contributed by atoms with Crippen LogP contribution in [0.2, 0.25) is 5.02 Å². The summed E-state index contributed by atoms with van der Waals surface area (Å²) in [4.78, 5) is 13.8. The molecule has 3 rings (SSSR count). The van der Waals surface area contributed by atoms with Crippen LogP contribution < -0.4 is 4.74 Å². The Hall–Kier alpha value is -2.81. The van der Waals surface area contributed by atoms with E-state index in [-0.39, 0.29) is 12.5 Å². The van der Waals surface area contributed by atoms with Crippen molar-refractivity contribution in [3.05, 3.63) is 64.7 Å². The molecule has 0 unspecified atom stereocenters. The van der Waals surface area contributed by atoms with Crippen LogP contribution in [-0.2, 0) is 9.53 Å². The van der Waals surface area contributed by atoms with Crippen molar-refractivity contribution in [1.82, 2.24) is 4.90 Å². The van der Waals surface area contributed by atoms with Crippen LogP contribution in [0.3, 0.4) is 0 Å². The molecule has 0 radical (unpaired) electrons. The molecule has 0 atom stereocenters. The molecule has 0 N–H and O–H groups in total. The van der Waals surface area contributed by atoms with E-state index in [1.165, 1.54) is 0 Å². The van der Waals surface area contributed by atoms with Crippen LogP contribution in [-0.4, -0.2) is 43.7 Å². The predicted octanol–water partition coefficient (Wildman–Crippen LogP) is 3.64. The third-order valence-electron chi connectivity index (χ3n) is 4.19. The van der Waals surface area contributed by atoms with Crippen LogP contribution in [0.5, 0.6) is 5.75 Å². The number of allylic oxidation sites excluding steroid dienone is 1. The summed E-state index contributed by atoms with van der Waals surface area (Å²) in [5, 5.41) is 10.0. The fourth-order valence-electron chi connectivity index (χ4n) is 2.69. The second kappa shape index (κ2) is 9.22. The standard InChI is InChI=1S/C21H19ClN2O3/c22-19-5-3-17(4-6-19)18(14-23)13-16-1-7-20(8-2-16)27-15-21(25)24-9-11-26-12-10-24/h1-8,13H,9-12,15H2/b18-13-. The number of rotatable bonds is 5. The Balaban J connectivity index is 1.61. The van der Waals surface area contributed by atoms with Gasteiger partial charge < -0.3 is 14.4 Å². The van der Waals surface area contributed by atoms with E-state index in [2.05, 4.69) is 6.07 Å². The Kier molecular flexibility index (Phi) is 6.48. The van der Waals surface area contributed by atoms with Crippen LogP contribution in [0.25, 0.3) is 11.6 Å². The molecule has 1 fully saturated rings. The fraction of sp³-hybridized carbons (Fsp3) is 0.238. The lowest BCUT2D eigenvalue weighted by Crippen LogP contribution is -2.42. The van der Waals surface area contributed by atoms with Crippen molar-refractivity contribution < 1.29 is 14.3 Å². The average Bonchev–Trinajstić information content (AvgIpc) is 2.72. The minimum atomic E-state index is -0.0447. The molecule has 1 aliphatic rings. The van der Waals surface area contributed by atoms with Gasteiger partial charge in [-0.3, -0.25) is 4.79 Å². The zero-order valence-electron chi connectivity index (χ0n) is 14.7. The Bertz CT molecular complexity index is 848. The van der Waals surface area contributed by atoms with Crippen LogP contribution in [0.1, 0.15) is 11.1 Å². The van der Waals surface area contributed by atoms with Gasteiger partial charge >= 0.3 is 0 Å². The Labute approximate surface area is 163 Å². The largest absolute Gasteiger partial charge is 0.484 e. The highest BCUT2D eigenvalue weighted by Gasteiger charge is 2.17. The molecule has 2 aromatic carbocycles. The first-order valence-corrected chi connectivity index (χ1v) is 8.99. The van der Waals surface area contributed by atoms with Crippen molar-refractivity contribution >= 4 is 29.2 Å². The number of nitriles is 1. The molecule has 6 heteroatoms. The van der Waals surface area contributed by atoms with Gasteiger partial charge in [0.05, 0.1) is 24.9 Å². The van der Waals surface area contributed by atoms with Crippen LogP contribution in [0.4, 0.5) is 0 Å². The van der Waals surface area contributed by atoms with Gasteiger partial charge in [-0.2, -0.15) is 5.26 Å². The lowest BCUT2D eigenvalue weighted by Gasteiger charge is -2.26.